The fourth-order valence-electron chi connectivity index (χ4n) is 1.15. The normalized spacial score (nSPS) is 15.5. The van der Waals surface area contributed by atoms with E-state index in [1.165, 1.54) is 5.70 Å². The van der Waals surface area contributed by atoms with Crippen LogP contribution < -0.4 is 4.57 Å². The molecule has 0 radical (unpaired) electrons. The van der Waals surface area contributed by atoms with Gasteiger partial charge in [0, 0.05) is 11.5 Å². The van der Waals surface area contributed by atoms with Crippen LogP contribution in [-0.2, 0) is 7.05 Å². The standard InChI is InChI=1S/C8H10N3/c1-10-7-11(6-9-10)8-4-2-3-5-8/h2-4,6-7H,5H2,1H3/q+1. The van der Waals surface area contributed by atoms with Crippen LogP contribution >= 0.6 is 0 Å². The summed E-state index contributed by atoms with van der Waals surface area (Å²) in [7, 11) is 1.92. The van der Waals surface area contributed by atoms with Crippen molar-refractivity contribution in [1.82, 2.24) is 9.78 Å². The summed E-state index contributed by atoms with van der Waals surface area (Å²) in [5, 5.41) is 4.07. The maximum Gasteiger partial charge on any atom is 0.269 e. The van der Waals surface area contributed by atoms with Gasteiger partial charge in [0.05, 0.1) is 12.7 Å². The van der Waals surface area contributed by atoms with Crippen LogP contribution in [0, 0.1) is 0 Å². The van der Waals surface area contributed by atoms with Gasteiger partial charge in [0.2, 0.25) is 6.33 Å². The average molecular weight is 148 g/mol. The molecule has 3 heteroatoms. The molecule has 1 aliphatic carbocycles. The molecule has 0 atom stereocenters. The van der Waals surface area contributed by atoms with Gasteiger partial charge < -0.3 is 0 Å². The minimum Gasteiger partial charge on any atom is -0.207 e. The van der Waals surface area contributed by atoms with E-state index in [9.17, 15) is 0 Å². The van der Waals surface area contributed by atoms with Crippen LogP contribution in [0.15, 0.2) is 30.9 Å². The quantitative estimate of drug-likeness (QED) is 0.532. The molecule has 2 rings (SSSR count). The Morgan fingerprint density at radius 2 is 2.55 bits per heavy atom. The van der Waals surface area contributed by atoms with Crippen molar-refractivity contribution in [2.45, 2.75) is 6.42 Å². The van der Waals surface area contributed by atoms with Gasteiger partial charge in [0.15, 0.2) is 0 Å². The lowest BCUT2D eigenvalue weighted by Gasteiger charge is -1.91. The number of rotatable bonds is 1. The molecule has 1 aromatic rings. The molecule has 0 bridgehead atoms. The van der Waals surface area contributed by atoms with Crippen molar-refractivity contribution >= 4 is 5.70 Å². The van der Waals surface area contributed by atoms with Gasteiger partial charge in [0.25, 0.3) is 6.33 Å². The van der Waals surface area contributed by atoms with Gasteiger partial charge in [-0.25, -0.2) is 4.57 Å². The molecule has 0 fully saturated rings. The first-order chi connectivity index (χ1) is 5.36. The summed E-state index contributed by atoms with van der Waals surface area (Å²) in [6, 6.07) is 0. The molecule has 0 amide bonds. The molecule has 0 aliphatic heterocycles. The molecule has 0 saturated carbocycles. The van der Waals surface area contributed by atoms with Crippen LogP contribution in [0.1, 0.15) is 6.42 Å². The van der Waals surface area contributed by atoms with Crippen LogP contribution in [0.25, 0.3) is 5.70 Å². The maximum absolute atomic E-state index is 4.07. The van der Waals surface area contributed by atoms with Crippen LogP contribution in [0.3, 0.4) is 0 Å². The second-order valence-electron chi connectivity index (χ2n) is 2.62. The second kappa shape index (κ2) is 2.34. The SMILES string of the molecule is Cn1c[n+](C2=CC=CC2)cn1. The maximum atomic E-state index is 4.07. The van der Waals surface area contributed by atoms with E-state index in [4.69, 9.17) is 0 Å². The lowest BCUT2D eigenvalue weighted by molar-refractivity contribution is -0.583. The molecule has 11 heavy (non-hydrogen) atoms. The average Bonchev–Trinajstić information content (AvgIpc) is 2.55. The van der Waals surface area contributed by atoms with Gasteiger partial charge in [-0.2, -0.15) is 0 Å². The Kier molecular flexibility index (Phi) is 1.35. The molecule has 0 spiro atoms. The van der Waals surface area contributed by atoms with Crippen LogP contribution in [0.5, 0.6) is 0 Å². The Hall–Kier alpha value is -1.38. The van der Waals surface area contributed by atoms with Crippen molar-refractivity contribution in [1.29, 1.82) is 0 Å². The summed E-state index contributed by atoms with van der Waals surface area (Å²) >= 11 is 0. The van der Waals surface area contributed by atoms with Gasteiger partial charge in [-0.1, -0.05) is 12.2 Å². The highest BCUT2D eigenvalue weighted by Crippen LogP contribution is 2.07. The van der Waals surface area contributed by atoms with E-state index >= 15 is 0 Å². The summed E-state index contributed by atoms with van der Waals surface area (Å²) in [5.41, 5.74) is 1.28. The van der Waals surface area contributed by atoms with E-state index in [2.05, 4.69) is 23.3 Å². The summed E-state index contributed by atoms with van der Waals surface area (Å²) in [6.45, 7) is 0. The van der Waals surface area contributed by atoms with Crippen molar-refractivity contribution in [3.8, 4) is 0 Å². The van der Waals surface area contributed by atoms with E-state index in [0.29, 0.717) is 0 Å². The third-order valence-corrected chi connectivity index (χ3v) is 1.73. The molecule has 0 N–H and O–H groups in total. The number of hydrogen-bond acceptors (Lipinski definition) is 1. The molecular formula is C8H10N3+. The molecule has 3 nitrogen and oxygen atoms in total. The van der Waals surface area contributed by atoms with Crippen molar-refractivity contribution < 1.29 is 4.57 Å². The fourth-order valence-corrected chi connectivity index (χ4v) is 1.15. The van der Waals surface area contributed by atoms with Crippen molar-refractivity contribution in [2.75, 3.05) is 0 Å². The molecule has 0 aromatic carbocycles. The summed E-state index contributed by atoms with van der Waals surface area (Å²) in [6.07, 6.45) is 11.1. The highest BCUT2D eigenvalue weighted by atomic mass is 15.3. The number of hydrogen-bond donors (Lipinski definition) is 0. The number of aromatic nitrogens is 3. The van der Waals surface area contributed by atoms with Crippen molar-refractivity contribution in [3.63, 3.8) is 0 Å². The molecule has 1 heterocycles. The monoisotopic (exact) mass is 148 g/mol. The highest BCUT2D eigenvalue weighted by molar-refractivity contribution is 5.44. The number of aryl methyl sites for hydroxylation is 1. The zero-order valence-electron chi connectivity index (χ0n) is 6.44. The van der Waals surface area contributed by atoms with Gasteiger partial charge >= 0.3 is 0 Å². The van der Waals surface area contributed by atoms with Crippen LogP contribution in [-0.4, -0.2) is 9.78 Å². The van der Waals surface area contributed by atoms with Crippen molar-refractivity contribution in [3.05, 3.63) is 30.9 Å². The van der Waals surface area contributed by atoms with E-state index in [1.54, 1.807) is 4.68 Å². The smallest absolute Gasteiger partial charge is 0.207 e. The number of allylic oxidation sites excluding steroid dienone is 4. The van der Waals surface area contributed by atoms with E-state index in [-0.39, 0.29) is 0 Å². The predicted molar refractivity (Wildman–Crippen MR) is 41.4 cm³/mol. The predicted octanol–water partition coefficient (Wildman–Crippen LogP) is 0.508. The zero-order chi connectivity index (χ0) is 7.68. The third-order valence-electron chi connectivity index (χ3n) is 1.73. The molecule has 1 aliphatic rings. The Labute approximate surface area is 65.3 Å². The van der Waals surface area contributed by atoms with Crippen LogP contribution in [0.4, 0.5) is 0 Å². The molecule has 1 aromatic heterocycles. The zero-order valence-corrected chi connectivity index (χ0v) is 6.44. The number of nitrogens with zero attached hydrogens (tertiary/aromatic N) is 3. The summed E-state index contributed by atoms with van der Waals surface area (Å²) in [5.74, 6) is 0. The van der Waals surface area contributed by atoms with Gasteiger partial charge in [0.1, 0.15) is 0 Å². The van der Waals surface area contributed by atoms with Gasteiger partial charge in [-0.15, -0.1) is 4.68 Å². The first-order valence-electron chi connectivity index (χ1n) is 3.62. The first-order valence-corrected chi connectivity index (χ1v) is 3.62. The Bertz CT molecular complexity index is 320. The van der Waals surface area contributed by atoms with E-state index in [1.807, 2.05) is 24.3 Å². The van der Waals surface area contributed by atoms with E-state index in [0.717, 1.165) is 6.42 Å². The largest absolute Gasteiger partial charge is 0.269 e. The first kappa shape index (κ1) is 6.34. The topological polar surface area (TPSA) is 21.7 Å². The molecular weight excluding hydrogens is 138 g/mol. The van der Waals surface area contributed by atoms with E-state index < -0.39 is 0 Å². The Morgan fingerprint density at radius 1 is 1.64 bits per heavy atom. The second-order valence-corrected chi connectivity index (χ2v) is 2.62. The molecule has 0 unspecified atom stereocenters. The fraction of sp³-hybridized carbons (Fsp3) is 0.250. The lowest BCUT2D eigenvalue weighted by atomic mass is 10.4. The third kappa shape index (κ3) is 1.09. The molecule has 0 saturated heterocycles. The summed E-state index contributed by atoms with van der Waals surface area (Å²) < 4.78 is 3.82. The summed E-state index contributed by atoms with van der Waals surface area (Å²) in [4.78, 5) is 0. The Morgan fingerprint density at radius 3 is 3.09 bits per heavy atom. The Balaban J connectivity index is 2.30. The van der Waals surface area contributed by atoms with Gasteiger partial charge in [-0.3, -0.25) is 0 Å². The molecule has 56 valence electrons. The van der Waals surface area contributed by atoms with Crippen LogP contribution in [0.2, 0.25) is 0 Å². The minimum atomic E-state index is 1.01. The minimum absolute atomic E-state index is 1.01. The highest BCUT2D eigenvalue weighted by Gasteiger charge is 2.07. The lowest BCUT2D eigenvalue weighted by Crippen LogP contribution is -2.28. The van der Waals surface area contributed by atoms with Gasteiger partial charge in [-0.05, 0) is 6.08 Å². The van der Waals surface area contributed by atoms with Crippen molar-refractivity contribution in [2.24, 2.45) is 7.05 Å².